The number of rotatable bonds is 9. The lowest BCUT2D eigenvalue weighted by atomic mass is 10.0. The summed E-state index contributed by atoms with van der Waals surface area (Å²) >= 11 is 0. The number of carbonyl (C=O) groups excluding carboxylic acids is 2. The van der Waals surface area contributed by atoms with Crippen LogP contribution in [0.15, 0.2) is 48.5 Å². The van der Waals surface area contributed by atoms with Gasteiger partial charge in [0.15, 0.2) is 13.2 Å². The fourth-order valence-corrected chi connectivity index (χ4v) is 3.79. The average Bonchev–Trinajstić information content (AvgIpc) is 2.82. The number of ether oxygens (including phenoxy) is 2. The van der Waals surface area contributed by atoms with Crippen LogP contribution in [0.2, 0.25) is 0 Å². The van der Waals surface area contributed by atoms with Crippen molar-refractivity contribution in [1.82, 2.24) is 10.2 Å². The fourth-order valence-electron chi connectivity index (χ4n) is 3.79. The van der Waals surface area contributed by atoms with Crippen molar-refractivity contribution in [3.63, 3.8) is 0 Å². The van der Waals surface area contributed by atoms with E-state index in [1.807, 2.05) is 53.4 Å². The summed E-state index contributed by atoms with van der Waals surface area (Å²) in [7, 11) is 0. The smallest absolute Gasteiger partial charge is 0.260 e. The second kappa shape index (κ2) is 11.4. The van der Waals surface area contributed by atoms with Crippen LogP contribution in [-0.4, -0.2) is 49.1 Å². The largest absolute Gasteiger partial charge is 0.483 e. The molecule has 6 nitrogen and oxygen atoms in total. The standard InChI is InChI=1S/C25H32N2O4/c1-3-19-9-5-7-11-22(19)30-17-24(28)26-21-13-15-27(16-14-21)25(29)18-31-23-12-8-6-10-20(23)4-2/h5-12,21H,3-4,13-18H2,1-2H3,(H,26,28). The number of aryl methyl sites for hydroxylation is 2. The van der Waals surface area contributed by atoms with Crippen molar-refractivity contribution in [2.75, 3.05) is 26.3 Å². The molecule has 0 saturated carbocycles. The molecule has 1 N–H and O–H groups in total. The molecule has 1 fully saturated rings. The highest BCUT2D eigenvalue weighted by Crippen LogP contribution is 2.19. The third kappa shape index (κ3) is 6.48. The number of amides is 2. The van der Waals surface area contributed by atoms with Gasteiger partial charge in [-0.05, 0) is 48.9 Å². The van der Waals surface area contributed by atoms with E-state index in [2.05, 4.69) is 19.2 Å². The van der Waals surface area contributed by atoms with Crippen LogP contribution in [0.5, 0.6) is 11.5 Å². The maximum absolute atomic E-state index is 12.5. The first kappa shape index (κ1) is 22.7. The molecule has 1 saturated heterocycles. The monoisotopic (exact) mass is 424 g/mol. The SMILES string of the molecule is CCc1ccccc1OCC(=O)NC1CCN(C(=O)COc2ccccc2CC)CC1. The molecule has 0 unspecified atom stereocenters. The van der Waals surface area contributed by atoms with Crippen molar-refractivity contribution < 1.29 is 19.1 Å². The topological polar surface area (TPSA) is 67.9 Å². The number of likely N-dealkylation sites (tertiary alicyclic amines) is 1. The minimum Gasteiger partial charge on any atom is -0.483 e. The van der Waals surface area contributed by atoms with Crippen molar-refractivity contribution in [3.05, 3.63) is 59.7 Å². The molecule has 166 valence electrons. The number of para-hydroxylation sites is 2. The summed E-state index contributed by atoms with van der Waals surface area (Å²) in [6, 6.07) is 15.6. The zero-order valence-corrected chi connectivity index (χ0v) is 18.4. The van der Waals surface area contributed by atoms with E-state index >= 15 is 0 Å². The molecule has 2 amide bonds. The van der Waals surface area contributed by atoms with E-state index in [0.717, 1.165) is 48.3 Å². The Bertz CT molecular complexity index is 875. The lowest BCUT2D eigenvalue weighted by molar-refractivity contribution is -0.134. The molecular weight excluding hydrogens is 392 g/mol. The minimum atomic E-state index is -0.129. The summed E-state index contributed by atoms with van der Waals surface area (Å²) in [4.78, 5) is 26.6. The number of piperidine rings is 1. The molecule has 0 spiro atoms. The summed E-state index contributed by atoms with van der Waals surface area (Å²) in [5.41, 5.74) is 2.19. The molecule has 0 atom stereocenters. The molecule has 6 heteroatoms. The predicted molar refractivity (Wildman–Crippen MR) is 120 cm³/mol. The van der Waals surface area contributed by atoms with Gasteiger partial charge in [-0.1, -0.05) is 50.2 Å². The molecule has 0 bridgehead atoms. The molecule has 3 rings (SSSR count). The van der Waals surface area contributed by atoms with Gasteiger partial charge in [-0.2, -0.15) is 0 Å². The number of hydrogen-bond donors (Lipinski definition) is 1. The normalized spacial score (nSPS) is 14.2. The number of carbonyl (C=O) groups is 2. The Hall–Kier alpha value is -3.02. The second-order valence-corrected chi connectivity index (χ2v) is 7.72. The molecule has 31 heavy (non-hydrogen) atoms. The van der Waals surface area contributed by atoms with Gasteiger partial charge in [0.1, 0.15) is 11.5 Å². The van der Waals surface area contributed by atoms with Gasteiger partial charge in [-0.3, -0.25) is 9.59 Å². The van der Waals surface area contributed by atoms with Crippen LogP contribution in [0.4, 0.5) is 0 Å². The lowest BCUT2D eigenvalue weighted by Crippen LogP contribution is -2.48. The van der Waals surface area contributed by atoms with Crippen LogP contribution in [0, 0.1) is 0 Å². The molecule has 1 aliphatic heterocycles. The highest BCUT2D eigenvalue weighted by atomic mass is 16.5. The highest BCUT2D eigenvalue weighted by molar-refractivity contribution is 5.79. The van der Waals surface area contributed by atoms with E-state index in [0.29, 0.717) is 13.1 Å². The first-order valence-electron chi connectivity index (χ1n) is 11.1. The Balaban J connectivity index is 1.38. The Morgan fingerprint density at radius 2 is 1.39 bits per heavy atom. The summed E-state index contributed by atoms with van der Waals surface area (Å²) in [6.07, 6.45) is 3.18. The van der Waals surface area contributed by atoms with Crippen molar-refractivity contribution >= 4 is 11.8 Å². The van der Waals surface area contributed by atoms with Gasteiger partial charge in [0.05, 0.1) is 0 Å². The van der Waals surface area contributed by atoms with E-state index in [9.17, 15) is 9.59 Å². The Kier molecular flexibility index (Phi) is 8.33. The van der Waals surface area contributed by atoms with Gasteiger partial charge >= 0.3 is 0 Å². The van der Waals surface area contributed by atoms with Crippen molar-refractivity contribution in [3.8, 4) is 11.5 Å². The minimum absolute atomic E-state index is 0.000829. The third-order valence-corrected chi connectivity index (χ3v) is 5.63. The van der Waals surface area contributed by atoms with Gasteiger partial charge in [0.25, 0.3) is 11.8 Å². The van der Waals surface area contributed by atoms with Crippen LogP contribution < -0.4 is 14.8 Å². The fraction of sp³-hybridized carbons (Fsp3) is 0.440. The summed E-state index contributed by atoms with van der Waals surface area (Å²) in [5.74, 6) is 1.38. The van der Waals surface area contributed by atoms with Crippen LogP contribution in [0.3, 0.4) is 0 Å². The number of hydrogen-bond acceptors (Lipinski definition) is 4. The first-order valence-corrected chi connectivity index (χ1v) is 11.1. The maximum atomic E-state index is 12.5. The van der Waals surface area contributed by atoms with E-state index in [1.165, 1.54) is 0 Å². The zero-order valence-electron chi connectivity index (χ0n) is 18.4. The van der Waals surface area contributed by atoms with Gasteiger partial charge in [-0.25, -0.2) is 0 Å². The Labute approximate surface area is 184 Å². The molecule has 0 aliphatic carbocycles. The van der Waals surface area contributed by atoms with Gasteiger partial charge in [0.2, 0.25) is 0 Å². The van der Waals surface area contributed by atoms with E-state index < -0.39 is 0 Å². The van der Waals surface area contributed by atoms with E-state index in [-0.39, 0.29) is 31.1 Å². The number of benzene rings is 2. The summed E-state index contributed by atoms with van der Waals surface area (Å²) < 4.78 is 11.4. The molecule has 1 heterocycles. The molecule has 2 aromatic carbocycles. The van der Waals surface area contributed by atoms with Crippen molar-refractivity contribution in [2.45, 2.75) is 45.6 Å². The van der Waals surface area contributed by atoms with Gasteiger partial charge in [-0.15, -0.1) is 0 Å². The van der Waals surface area contributed by atoms with Crippen LogP contribution in [0.25, 0.3) is 0 Å². The first-order chi connectivity index (χ1) is 15.1. The maximum Gasteiger partial charge on any atom is 0.260 e. The average molecular weight is 425 g/mol. The van der Waals surface area contributed by atoms with Crippen LogP contribution >= 0.6 is 0 Å². The highest BCUT2D eigenvalue weighted by Gasteiger charge is 2.24. The van der Waals surface area contributed by atoms with Crippen LogP contribution in [0.1, 0.15) is 37.8 Å². The Morgan fingerprint density at radius 1 is 0.871 bits per heavy atom. The molecule has 0 radical (unpaired) electrons. The Morgan fingerprint density at radius 3 is 1.94 bits per heavy atom. The second-order valence-electron chi connectivity index (χ2n) is 7.72. The summed E-state index contributed by atoms with van der Waals surface area (Å²) in [6.45, 7) is 5.39. The predicted octanol–water partition coefficient (Wildman–Crippen LogP) is 3.38. The van der Waals surface area contributed by atoms with E-state index in [4.69, 9.17) is 9.47 Å². The number of nitrogens with zero attached hydrogens (tertiary/aromatic N) is 1. The van der Waals surface area contributed by atoms with Crippen LogP contribution in [-0.2, 0) is 22.4 Å². The van der Waals surface area contributed by atoms with Gasteiger partial charge < -0.3 is 19.7 Å². The summed E-state index contributed by atoms with van der Waals surface area (Å²) in [5, 5.41) is 3.03. The van der Waals surface area contributed by atoms with E-state index in [1.54, 1.807) is 0 Å². The third-order valence-electron chi connectivity index (χ3n) is 5.63. The van der Waals surface area contributed by atoms with Crippen molar-refractivity contribution in [1.29, 1.82) is 0 Å². The number of nitrogens with one attached hydrogen (secondary N) is 1. The molecular formula is C25H32N2O4. The lowest BCUT2D eigenvalue weighted by Gasteiger charge is -2.32. The molecule has 0 aromatic heterocycles. The molecule has 2 aromatic rings. The van der Waals surface area contributed by atoms with Gasteiger partial charge in [0, 0.05) is 19.1 Å². The van der Waals surface area contributed by atoms with Crippen molar-refractivity contribution in [2.24, 2.45) is 0 Å². The molecule has 1 aliphatic rings. The zero-order chi connectivity index (χ0) is 22.1. The quantitative estimate of drug-likeness (QED) is 0.670.